The maximum absolute atomic E-state index is 12.8. The van der Waals surface area contributed by atoms with Gasteiger partial charge in [0.05, 0.1) is 34.7 Å². The van der Waals surface area contributed by atoms with Crippen LogP contribution in [0.5, 0.6) is 0 Å². The molecule has 0 bridgehead atoms. The second kappa shape index (κ2) is 6.89. The van der Waals surface area contributed by atoms with Gasteiger partial charge in [-0.25, -0.2) is 9.78 Å². The third-order valence-electron chi connectivity index (χ3n) is 5.22. The smallest absolute Gasteiger partial charge is 0.347 e. The Hall–Kier alpha value is -2.84. The highest BCUT2D eigenvalue weighted by Crippen LogP contribution is 2.29. The van der Waals surface area contributed by atoms with Crippen molar-refractivity contribution in [3.05, 3.63) is 62.4 Å². The molecule has 7 nitrogen and oxygen atoms in total. The first-order valence-corrected chi connectivity index (χ1v) is 10.0. The minimum absolute atomic E-state index is 0.102. The number of benzene rings is 2. The standard InChI is InChI=1S/C21H15BrN2O5/c22-12-4-6-17-16(9-12)21(27)29-18(23-17)11-3-5-14-15(8-11)20(26)24(19(14)25)10-13-2-1-7-28-13/h3-6,8-9,13H,1-2,7,10H2. The molecule has 0 radical (unpaired) electrons. The molecule has 2 aromatic carbocycles. The Kier molecular flexibility index (Phi) is 4.33. The van der Waals surface area contributed by atoms with Crippen LogP contribution >= 0.6 is 15.9 Å². The van der Waals surface area contributed by atoms with Crippen LogP contribution in [0, 0.1) is 0 Å². The molecule has 0 spiro atoms. The number of carbonyl (C=O) groups excluding carboxylic acids is 2. The molecule has 0 aliphatic carbocycles. The summed E-state index contributed by atoms with van der Waals surface area (Å²) in [7, 11) is 0. The molecule has 2 amide bonds. The zero-order valence-electron chi connectivity index (χ0n) is 15.2. The number of fused-ring (bicyclic) bond motifs is 2. The molecule has 2 aliphatic rings. The van der Waals surface area contributed by atoms with Crippen LogP contribution in [0.25, 0.3) is 22.4 Å². The van der Waals surface area contributed by atoms with Crippen molar-refractivity contribution in [2.75, 3.05) is 13.2 Å². The molecule has 0 saturated carbocycles. The molecule has 1 aromatic heterocycles. The highest BCUT2D eigenvalue weighted by atomic mass is 79.9. The minimum Gasteiger partial charge on any atom is -0.403 e. The number of halogens is 1. The van der Waals surface area contributed by atoms with E-state index in [9.17, 15) is 14.4 Å². The molecule has 1 atom stereocenters. The van der Waals surface area contributed by atoms with Gasteiger partial charge in [0.25, 0.3) is 11.8 Å². The van der Waals surface area contributed by atoms with Gasteiger partial charge in [-0.2, -0.15) is 0 Å². The maximum Gasteiger partial charge on any atom is 0.347 e. The lowest BCUT2D eigenvalue weighted by atomic mass is 10.1. The van der Waals surface area contributed by atoms with Gasteiger partial charge in [0.15, 0.2) is 0 Å². The summed E-state index contributed by atoms with van der Waals surface area (Å²) in [4.78, 5) is 43.5. The van der Waals surface area contributed by atoms with E-state index < -0.39 is 5.63 Å². The van der Waals surface area contributed by atoms with Crippen molar-refractivity contribution < 1.29 is 18.7 Å². The molecule has 1 unspecified atom stereocenters. The number of amides is 2. The van der Waals surface area contributed by atoms with E-state index in [4.69, 9.17) is 9.15 Å². The Labute approximate surface area is 173 Å². The molecular weight excluding hydrogens is 440 g/mol. The van der Waals surface area contributed by atoms with Crippen molar-refractivity contribution >= 4 is 38.6 Å². The highest BCUT2D eigenvalue weighted by molar-refractivity contribution is 9.10. The number of aromatic nitrogens is 1. The van der Waals surface area contributed by atoms with Crippen LogP contribution in [0.1, 0.15) is 33.6 Å². The highest BCUT2D eigenvalue weighted by Gasteiger charge is 2.37. The van der Waals surface area contributed by atoms with Crippen LogP contribution in [0.15, 0.2) is 50.1 Å². The van der Waals surface area contributed by atoms with E-state index in [1.54, 1.807) is 36.4 Å². The topological polar surface area (TPSA) is 89.7 Å². The van der Waals surface area contributed by atoms with Crippen LogP contribution < -0.4 is 5.63 Å². The van der Waals surface area contributed by atoms with Gasteiger partial charge >= 0.3 is 5.63 Å². The number of nitrogens with zero attached hydrogens (tertiary/aromatic N) is 2. The van der Waals surface area contributed by atoms with Gasteiger partial charge in [-0.15, -0.1) is 0 Å². The number of hydrogen-bond acceptors (Lipinski definition) is 6. The molecule has 146 valence electrons. The molecule has 2 aliphatic heterocycles. The number of rotatable bonds is 3. The summed E-state index contributed by atoms with van der Waals surface area (Å²) in [5, 5.41) is 0.360. The summed E-state index contributed by atoms with van der Waals surface area (Å²) < 4.78 is 11.7. The Morgan fingerprint density at radius 1 is 1.07 bits per heavy atom. The maximum atomic E-state index is 12.8. The molecule has 1 fully saturated rings. The molecular formula is C21H15BrN2O5. The molecule has 0 N–H and O–H groups in total. The van der Waals surface area contributed by atoms with Crippen molar-refractivity contribution in [3.8, 4) is 11.5 Å². The van der Waals surface area contributed by atoms with Crippen molar-refractivity contribution in [1.82, 2.24) is 9.88 Å². The molecule has 5 rings (SSSR count). The lowest BCUT2D eigenvalue weighted by Crippen LogP contribution is -2.36. The van der Waals surface area contributed by atoms with E-state index in [0.29, 0.717) is 28.6 Å². The van der Waals surface area contributed by atoms with Gasteiger partial charge in [0, 0.05) is 16.6 Å². The van der Waals surface area contributed by atoms with Crippen molar-refractivity contribution in [3.63, 3.8) is 0 Å². The van der Waals surface area contributed by atoms with E-state index in [-0.39, 0.29) is 35.9 Å². The molecule has 3 aromatic rings. The van der Waals surface area contributed by atoms with Gasteiger partial charge in [-0.1, -0.05) is 15.9 Å². The molecule has 3 heterocycles. The number of ether oxygens (including phenoxy) is 1. The molecule has 1 saturated heterocycles. The van der Waals surface area contributed by atoms with Gasteiger partial charge < -0.3 is 9.15 Å². The van der Waals surface area contributed by atoms with Gasteiger partial charge in [-0.05, 0) is 49.2 Å². The monoisotopic (exact) mass is 454 g/mol. The first-order chi connectivity index (χ1) is 14.0. The summed E-state index contributed by atoms with van der Waals surface area (Å²) >= 11 is 3.32. The average molecular weight is 455 g/mol. The molecule has 29 heavy (non-hydrogen) atoms. The second-order valence-electron chi connectivity index (χ2n) is 7.08. The van der Waals surface area contributed by atoms with Gasteiger partial charge in [0.1, 0.15) is 0 Å². The summed E-state index contributed by atoms with van der Waals surface area (Å²) in [6.07, 6.45) is 1.65. The Morgan fingerprint density at radius 2 is 1.90 bits per heavy atom. The van der Waals surface area contributed by atoms with Crippen LogP contribution in [0.4, 0.5) is 0 Å². The number of carbonyl (C=O) groups is 2. The first-order valence-electron chi connectivity index (χ1n) is 9.24. The quantitative estimate of drug-likeness (QED) is 0.563. The largest absolute Gasteiger partial charge is 0.403 e. The second-order valence-corrected chi connectivity index (χ2v) is 8.00. The van der Waals surface area contributed by atoms with E-state index in [2.05, 4.69) is 20.9 Å². The van der Waals surface area contributed by atoms with E-state index in [1.165, 1.54) is 4.90 Å². The lowest BCUT2D eigenvalue weighted by molar-refractivity contribution is 0.0475. The van der Waals surface area contributed by atoms with Crippen LogP contribution in [0.2, 0.25) is 0 Å². The zero-order chi connectivity index (χ0) is 20.1. The van der Waals surface area contributed by atoms with E-state index >= 15 is 0 Å². The fraction of sp³-hybridized carbons (Fsp3) is 0.238. The van der Waals surface area contributed by atoms with Crippen LogP contribution in [-0.4, -0.2) is 41.0 Å². The van der Waals surface area contributed by atoms with Crippen molar-refractivity contribution in [2.24, 2.45) is 0 Å². The van der Waals surface area contributed by atoms with E-state index in [0.717, 1.165) is 17.3 Å². The average Bonchev–Trinajstić information content (AvgIpc) is 3.31. The fourth-order valence-electron chi connectivity index (χ4n) is 3.75. The Balaban J connectivity index is 1.52. The molecule has 8 heteroatoms. The Morgan fingerprint density at radius 3 is 2.69 bits per heavy atom. The van der Waals surface area contributed by atoms with Gasteiger partial charge in [0.2, 0.25) is 5.89 Å². The first kappa shape index (κ1) is 18.2. The van der Waals surface area contributed by atoms with Crippen LogP contribution in [-0.2, 0) is 4.74 Å². The normalized spacial score (nSPS) is 18.7. The summed E-state index contributed by atoms with van der Waals surface area (Å²) in [6, 6.07) is 9.91. The summed E-state index contributed by atoms with van der Waals surface area (Å²) in [6.45, 7) is 0.904. The predicted octanol–water partition coefficient (Wildman–Crippen LogP) is 3.39. The predicted molar refractivity (Wildman–Crippen MR) is 108 cm³/mol. The third kappa shape index (κ3) is 3.08. The number of hydrogen-bond donors (Lipinski definition) is 0. The van der Waals surface area contributed by atoms with Crippen molar-refractivity contribution in [1.29, 1.82) is 0 Å². The fourth-order valence-corrected chi connectivity index (χ4v) is 4.11. The van der Waals surface area contributed by atoms with Crippen LogP contribution in [0.3, 0.4) is 0 Å². The summed E-state index contributed by atoms with van der Waals surface area (Å²) in [5.41, 5.74) is 1.05. The summed E-state index contributed by atoms with van der Waals surface area (Å²) in [5.74, 6) is -0.593. The zero-order valence-corrected chi connectivity index (χ0v) is 16.8. The lowest BCUT2D eigenvalue weighted by Gasteiger charge is -2.17. The van der Waals surface area contributed by atoms with Crippen molar-refractivity contribution in [2.45, 2.75) is 18.9 Å². The number of imide groups is 1. The SMILES string of the molecule is O=C1c2ccc(-c3nc4ccc(Br)cc4c(=O)o3)cc2C(=O)N1CC1CCCO1. The van der Waals surface area contributed by atoms with E-state index in [1.807, 2.05) is 0 Å². The van der Waals surface area contributed by atoms with Gasteiger partial charge in [-0.3, -0.25) is 14.5 Å². The third-order valence-corrected chi connectivity index (χ3v) is 5.71. The Bertz CT molecular complexity index is 1230. The minimum atomic E-state index is -0.519.